The molecule has 3 aliphatic rings. The summed E-state index contributed by atoms with van der Waals surface area (Å²) in [7, 11) is 0. The van der Waals surface area contributed by atoms with Gasteiger partial charge in [0.05, 0.1) is 17.4 Å². The van der Waals surface area contributed by atoms with Crippen LogP contribution < -0.4 is 0 Å². The van der Waals surface area contributed by atoms with Gasteiger partial charge in [0.1, 0.15) is 0 Å². The number of hydrogen-bond acceptors (Lipinski definition) is 4. The summed E-state index contributed by atoms with van der Waals surface area (Å²) in [4.78, 5) is 23.1. The van der Waals surface area contributed by atoms with Gasteiger partial charge < -0.3 is 9.47 Å². The van der Waals surface area contributed by atoms with Crippen LogP contribution in [0.2, 0.25) is 0 Å². The first-order valence-corrected chi connectivity index (χ1v) is 11.6. The molecule has 2 aliphatic heterocycles. The third-order valence-electron chi connectivity index (χ3n) is 6.89. The summed E-state index contributed by atoms with van der Waals surface area (Å²) >= 11 is 1.75. The lowest BCUT2D eigenvalue weighted by Crippen LogP contribution is -2.40. The normalized spacial score (nSPS) is 28.3. The SMILES string of the molecule is CC(C)n1cnc([C@@H]2CN(Cc3ccsc3)C[C@]23CCN(CC2CC2)C3=O)c1. The minimum atomic E-state index is -0.291. The number of amides is 1. The van der Waals surface area contributed by atoms with Crippen LogP contribution >= 0.6 is 11.3 Å². The Morgan fingerprint density at radius 1 is 1.36 bits per heavy atom. The number of carbonyl (C=O) groups is 1. The zero-order valence-electron chi connectivity index (χ0n) is 16.9. The minimum absolute atomic E-state index is 0.197. The lowest BCUT2D eigenvalue weighted by molar-refractivity contribution is -0.136. The van der Waals surface area contributed by atoms with Crippen molar-refractivity contribution in [1.29, 1.82) is 0 Å². The van der Waals surface area contributed by atoms with Crippen LogP contribution in [0.3, 0.4) is 0 Å². The van der Waals surface area contributed by atoms with E-state index in [1.807, 2.05) is 6.33 Å². The molecule has 2 atom stereocenters. The number of nitrogens with zero attached hydrogens (tertiary/aromatic N) is 4. The number of imidazole rings is 1. The van der Waals surface area contributed by atoms with Crippen molar-refractivity contribution >= 4 is 17.2 Å². The summed E-state index contributed by atoms with van der Waals surface area (Å²) in [6.45, 7) is 8.97. The highest BCUT2D eigenvalue weighted by Gasteiger charge is 2.58. The Morgan fingerprint density at radius 3 is 2.89 bits per heavy atom. The fourth-order valence-corrected chi connectivity index (χ4v) is 5.73. The van der Waals surface area contributed by atoms with Gasteiger partial charge in [0, 0.05) is 50.9 Å². The molecule has 1 saturated carbocycles. The molecule has 0 unspecified atom stereocenters. The molecule has 28 heavy (non-hydrogen) atoms. The Labute approximate surface area is 171 Å². The summed E-state index contributed by atoms with van der Waals surface area (Å²) < 4.78 is 2.17. The molecular weight excluding hydrogens is 368 g/mol. The molecule has 2 saturated heterocycles. The highest BCUT2D eigenvalue weighted by atomic mass is 32.1. The van der Waals surface area contributed by atoms with E-state index in [1.165, 1.54) is 18.4 Å². The summed E-state index contributed by atoms with van der Waals surface area (Å²) in [5.41, 5.74) is 2.16. The Kier molecular flexibility index (Phi) is 4.59. The summed E-state index contributed by atoms with van der Waals surface area (Å²) in [5, 5.41) is 4.37. The second-order valence-corrected chi connectivity index (χ2v) is 10.1. The van der Waals surface area contributed by atoms with E-state index in [2.05, 4.69) is 51.2 Å². The minimum Gasteiger partial charge on any atom is -0.342 e. The molecule has 5 rings (SSSR count). The lowest BCUT2D eigenvalue weighted by atomic mass is 9.75. The predicted molar refractivity (Wildman–Crippen MR) is 111 cm³/mol. The first-order valence-electron chi connectivity index (χ1n) is 10.6. The molecule has 5 nitrogen and oxygen atoms in total. The highest BCUT2D eigenvalue weighted by Crippen LogP contribution is 2.50. The molecule has 0 N–H and O–H groups in total. The van der Waals surface area contributed by atoms with Crippen molar-refractivity contribution in [2.45, 2.75) is 51.6 Å². The van der Waals surface area contributed by atoms with E-state index >= 15 is 0 Å². The Balaban J connectivity index is 1.43. The Morgan fingerprint density at radius 2 is 2.21 bits per heavy atom. The molecule has 2 aromatic rings. The van der Waals surface area contributed by atoms with Crippen molar-refractivity contribution in [3.8, 4) is 0 Å². The van der Waals surface area contributed by atoms with Gasteiger partial charge in [-0.3, -0.25) is 9.69 Å². The molecule has 150 valence electrons. The molecule has 1 amide bonds. The van der Waals surface area contributed by atoms with Gasteiger partial charge in [0.15, 0.2) is 0 Å². The van der Waals surface area contributed by atoms with Gasteiger partial charge in [-0.2, -0.15) is 11.3 Å². The van der Waals surface area contributed by atoms with Crippen molar-refractivity contribution in [1.82, 2.24) is 19.4 Å². The van der Waals surface area contributed by atoms with Crippen molar-refractivity contribution < 1.29 is 4.79 Å². The summed E-state index contributed by atoms with van der Waals surface area (Å²) in [5.74, 6) is 1.33. The molecular formula is C22H30N4OS. The topological polar surface area (TPSA) is 41.4 Å². The van der Waals surface area contributed by atoms with Crippen LogP contribution in [0, 0.1) is 11.3 Å². The van der Waals surface area contributed by atoms with Gasteiger partial charge in [-0.15, -0.1) is 0 Å². The van der Waals surface area contributed by atoms with E-state index in [9.17, 15) is 4.79 Å². The van der Waals surface area contributed by atoms with Crippen molar-refractivity contribution in [3.05, 3.63) is 40.6 Å². The fourth-order valence-electron chi connectivity index (χ4n) is 5.07. The maximum absolute atomic E-state index is 13.6. The predicted octanol–water partition coefficient (Wildman–Crippen LogP) is 3.75. The number of aromatic nitrogens is 2. The van der Waals surface area contributed by atoms with Gasteiger partial charge in [-0.05, 0) is 61.4 Å². The molecule has 6 heteroatoms. The highest BCUT2D eigenvalue weighted by molar-refractivity contribution is 7.07. The van der Waals surface area contributed by atoms with Gasteiger partial charge in [-0.1, -0.05) is 0 Å². The second-order valence-electron chi connectivity index (χ2n) is 9.29. The van der Waals surface area contributed by atoms with Crippen molar-refractivity contribution in [2.75, 3.05) is 26.2 Å². The zero-order chi connectivity index (χ0) is 19.3. The average Bonchev–Trinajstić information content (AvgIpc) is 3.09. The van der Waals surface area contributed by atoms with Gasteiger partial charge in [0.25, 0.3) is 0 Å². The third-order valence-corrected chi connectivity index (χ3v) is 7.62. The first-order chi connectivity index (χ1) is 13.5. The number of hydrogen-bond donors (Lipinski definition) is 0. The van der Waals surface area contributed by atoms with Crippen LogP contribution in [0.25, 0.3) is 0 Å². The van der Waals surface area contributed by atoms with Gasteiger partial charge in [-0.25, -0.2) is 4.98 Å². The van der Waals surface area contributed by atoms with E-state index in [0.717, 1.165) is 50.8 Å². The summed E-state index contributed by atoms with van der Waals surface area (Å²) in [6.07, 6.45) is 7.68. The standard InChI is InChI=1S/C22H30N4OS/c1-16(2)26-12-20(23-15-26)19-11-24(9-18-5-8-28-13-18)14-22(19)6-7-25(21(22)27)10-17-3-4-17/h5,8,12-13,15-17,19H,3-4,6-7,9-11,14H2,1-2H3/t19-,22+/m0/s1. The maximum Gasteiger partial charge on any atom is 0.230 e. The molecule has 0 aromatic carbocycles. The van der Waals surface area contributed by atoms with E-state index < -0.39 is 0 Å². The molecule has 1 spiro atoms. The first kappa shape index (κ1) is 18.4. The molecule has 2 aromatic heterocycles. The monoisotopic (exact) mass is 398 g/mol. The van der Waals surface area contributed by atoms with Crippen LogP contribution in [-0.4, -0.2) is 51.4 Å². The smallest absolute Gasteiger partial charge is 0.230 e. The number of likely N-dealkylation sites (tertiary alicyclic amines) is 2. The van der Waals surface area contributed by atoms with E-state index in [-0.39, 0.29) is 11.3 Å². The molecule has 0 radical (unpaired) electrons. The lowest BCUT2D eigenvalue weighted by Gasteiger charge is -2.28. The Hall–Kier alpha value is -1.66. The van der Waals surface area contributed by atoms with E-state index in [1.54, 1.807) is 11.3 Å². The molecule has 3 fully saturated rings. The molecule has 0 bridgehead atoms. The number of rotatable bonds is 6. The zero-order valence-corrected chi connectivity index (χ0v) is 17.7. The third kappa shape index (κ3) is 3.20. The van der Waals surface area contributed by atoms with Crippen LogP contribution in [0.1, 0.15) is 56.3 Å². The quantitative estimate of drug-likeness (QED) is 0.744. The second kappa shape index (κ2) is 6.99. The largest absolute Gasteiger partial charge is 0.342 e. The van der Waals surface area contributed by atoms with Gasteiger partial charge in [0.2, 0.25) is 5.91 Å². The van der Waals surface area contributed by atoms with Crippen LogP contribution in [0.5, 0.6) is 0 Å². The van der Waals surface area contributed by atoms with E-state index in [4.69, 9.17) is 4.98 Å². The number of carbonyl (C=O) groups excluding carboxylic acids is 1. The van der Waals surface area contributed by atoms with E-state index in [0.29, 0.717) is 11.9 Å². The van der Waals surface area contributed by atoms with Crippen LogP contribution in [0.15, 0.2) is 29.4 Å². The number of thiophene rings is 1. The fraction of sp³-hybridized carbons (Fsp3) is 0.636. The average molecular weight is 399 g/mol. The molecule has 1 aliphatic carbocycles. The van der Waals surface area contributed by atoms with Crippen LogP contribution in [-0.2, 0) is 11.3 Å². The van der Waals surface area contributed by atoms with Gasteiger partial charge >= 0.3 is 0 Å². The molecule has 4 heterocycles. The van der Waals surface area contributed by atoms with Crippen molar-refractivity contribution in [3.63, 3.8) is 0 Å². The van der Waals surface area contributed by atoms with Crippen LogP contribution in [0.4, 0.5) is 0 Å². The van der Waals surface area contributed by atoms with Crippen molar-refractivity contribution in [2.24, 2.45) is 11.3 Å². The Bertz CT molecular complexity index is 841. The maximum atomic E-state index is 13.6. The summed E-state index contributed by atoms with van der Waals surface area (Å²) in [6, 6.07) is 2.60.